The highest BCUT2D eigenvalue weighted by Crippen LogP contribution is 2.30. The third kappa shape index (κ3) is 6.42. The molecule has 19 heavy (non-hydrogen) atoms. The van der Waals surface area contributed by atoms with Crippen LogP contribution in [0.25, 0.3) is 0 Å². The average Bonchev–Trinajstić information content (AvgIpc) is 2.34. The van der Waals surface area contributed by atoms with Gasteiger partial charge in [0.05, 0.1) is 0 Å². The number of rotatable bonds is 5. The topological polar surface area (TPSA) is 38.3 Å². The number of hydrogen-bond acceptors (Lipinski definition) is 3. The van der Waals surface area contributed by atoms with Gasteiger partial charge in [-0.05, 0) is 58.9 Å². The van der Waals surface area contributed by atoms with Crippen LogP contribution in [-0.2, 0) is 9.53 Å². The maximum atomic E-state index is 11.8. The highest BCUT2D eigenvalue weighted by Gasteiger charge is 2.24. The molecule has 0 aromatic heterocycles. The fourth-order valence-corrected chi connectivity index (χ4v) is 2.66. The van der Waals surface area contributed by atoms with E-state index in [1.165, 1.54) is 32.1 Å². The van der Waals surface area contributed by atoms with E-state index < -0.39 is 5.60 Å². The minimum Gasteiger partial charge on any atom is -0.459 e. The van der Waals surface area contributed by atoms with Crippen LogP contribution in [0.2, 0.25) is 0 Å². The quantitative estimate of drug-likeness (QED) is 0.776. The van der Waals surface area contributed by atoms with Crippen molar-refractivity contribution in [2.45, 2.75) is 78.4 Å². The van der Waals surface area contributed by atoms with E-state index in [1.54, 1.807) is 0 Å². The average molecular weight is 269 g/mol. The van der Waals surface area contributed by atoms with Crippen LogP contribution in [0.4, 0.5) is 0 Å². The van der Waals surface area contributed by atoms with Crippen molar-refractivity contribution in [1.82, 2.24) is 5.32 Å². The van der Waals surface area contributed by atoms with E-state index in [4.69, 9.17) is 4.74 Å². The molecule has 1 fully saturated rings. The molecule has 3 nitrogen and oxygen atoms in total. The first-order valence-corrected chi connectivity index (χ1v) is 7.78. The number of hydrogen-bond donors (Lipinski definition) is 1. The summed E-state index contributed by atoms with van der Waals surface area (Å²) in [5.74, 6) is 1.52. The summed E-state index contributed by atoms with van der Waals surface area (Å²) in [5.41, 5.74) is -0.397. The van der Waals surface area contributed by atoms with Crippen LogP contribution in [0, 0.1) is 11.8 Å². The van der Waals surface area contributed by atoms with Gasteiger partial charge in [-0.1, -0.05) is 26.2 Å². The van der Waals surface area contributed by atoms with Gasteiger partial charge in [-0.2, -0.15) is 0 Å². The number of carbonyl (C=O) groups is 1. The zero-order valence-electron chi connectivity index (χ0n) is 13.3. The van der Waals surface area contributed by atoms with Crippen LogP contribution in [0.3, 0.4) is 0 Å². The predicted octanol–water partition coefficient (Wildman–Crippen LogP) is 3.52. The van der Waals surface area contributed by atoms with Crippen molar-refractivity contribution in [3.63, 3.8) is 0 Å². The lowest BCUT2D eigenvalue weighted by atomic mass is 9.81. The Bertz CT molecular complexity index is 275. The van der Waals surface area contributed by atoms with Crippen LogP contribution >= 0.6 is 0 Å². The van der Waals surface area contributed by atoms with Crippen LogP contribution in [-0.4, -0.2) is 24.2 Å². The summed E-state index contributed by atoms with van der Waals surface area (Å²) in [6.07, 6.45) is 6.61. The Morgan fingerprint density at radius 1 is 1.21 bits per heavy atom. The fraction of sp³-hybridized carbons (Fsp3) is 0.938. The summed E-state index contributed by atoms with van der Waals surface area (Å²) in [4.78, 5) is 11.8. The normalized spacial score (nSPS) is 25.9. The third-order valence-corrected chi connectivity index (χ3v) is 4.02. The molecule has 1 saturated carbocycles. The van der Waals surface area contributed by atoms with Crippen molar-refractivity contribution in [3.8, 4) is 0 Å². The molecular weight excluding hydrogens is 238 g/mol. The zero-order chi connectivity index (χ0) is 14.5. The van der Waals surface area contributed by atoms with Crippen LogP contribution in [0.5, 0.6) is 0 Å². The summed E-state index contributed by atoms with van der Waals surface area (Å²) in [6, 6.07) is -0.205. The second-order valence-electron chi connectivity index (χ2n) is 6.96. The van der Waals surface area contributed by atoms with Gasteiger partial charge < -0.3 is 10.1 Å². The van der Waals surface area contributed by atoms with E-state index in [0.29, 0.717) is 0 Å². The van der Waals surface area contributed by atoms with Crippen molar-refractivity contribution in [2.24, 2.45) is 11.8 Å². The summed E-state index contributed by atoms with van der Waals surface area (Å²) in [5, 5.41) is 3.33. The van der Waals surface area contributed by atoms with Gasteiger partial charge >= 0.3 is 5.97 Å². The molecule has 0 aromatic carbocycles. The van der Waals surface area contributed by atoms with Gasteiger partial charge in [0.25, 0.3) is 0 Å². The maximum absolute atomic E-state index is 11.8. The summed E-state index contributed by atoms with van der Waals surface area (Å²) in [7, 11) is 0. The number of ether oxygens (including phenoxy) is 1. The van der Waals surface area contributed by atoms with Gasteiger partial charge in [-0.25, -0.2) is 0 Å². The molecule has 0 aromatic rings. The van der Waals surface area contributed by atoms with Crippen molar-refractivity contribution < 1.29 is 9.53 Å². The molecule has 1 rings (SSSR count). The van der Waals surface area contributed by atoms with Crippen molar-refractivity contribution in [3.05, 3.63) is 0 Å². The Labute approximate surface area is 118 Å². The first-order valence-electron chi connectivity index (χ1n) is 7.78. The number of carbonyl (C=O) groups excluding carboxylic acids is 1. The second-order valence-corrected chi connectivity index (χ2v) is 6.96. The predicted molar refractivity (Wildman–Crippen MR) is 79.0 cm³/mol. The molecule has 3 heteroatoms. The van der Waals surface area contributed by atoms with E-state index >= 15 is 0 Å². The smallest absolute Gasteiger partial charge is 0.323 e. The minimum atomic E-state index is -0.397. The Morgan fingerprint density at radius 3 is 2.21 bits per heavy atom. The largest absolute Gasteiger partial charge is 0.459 e. The molecule has 1 aliphatic carbocycles. The molecule has 0 bridgehead atoms. The fourth-order valence-electron chi connectivity index (χ4n) is 2.66. The molecule has 1 atom stereocenters. The second kappa shape index (κ2) is 7.28. The Hall–Kier alpha value is -0.570. The SMILES string of the molecule is CCC1CCC(CNC(C)C(=O)OC(C)(C)C)CC1. The highest BCUT2D eigenvalue weighted by atomic mass is 16.6. The molecule has 0 amide bonds. The first-order chi connectivity index (χ1) is 8.81. The van der Waals surface area contributed by atoms with Gasteiger partial charge in [-0.3, -0.25) is 4.79 Å². The third-order valence-electron chi connectivity index (χ3n) is 4.02. The molecule has 1 N–H and O–H groups in total. The molecule has 0 radical (unpaired) electrons. The molecule has 0 spiro atoms. The summed E-state index contributed by atoms with van der Waals surface area (Å²) >= 11 is 0. The molecule has 0 aliphatic heterocycles. The Morgan fingerprint density at radius 2 is 1.74 bits per heavy atom. The van der Waals surface area contributed by atoms with E-state index in [9.17, 15) is 4.79 Å². The molecule has 0 saturated heterocycles. The van der Waals surface area contributed by atoms with E-state index in [1.807, 2.05) is 27.7 Å². The van der Waals surface area contributed by atoms with Crippen LogP contribution in [0.15, 0.2) is 0 Å². The molecule has 1 unspecified atom stereocenters. The monoisotopic (exact) mass is 269 g/mol. The van der Waals surface area contributed by atoms with Gasteiger partial charge in [0, 0.05) is 0 Å². The Kier molecular flexibility index (Phi) is 6.31. The van der Waals surface area contributed by atoms with Crippen LogP contribution in [0.1, 0.15) is 66.7 Å². The van der Waals surface area contributed by atoms with Crippen molar-refractivity contribution in [2.75, 3.05) is 6.54 Å². The minimum absolute atomic E-state index is 0.144. The summed E-state index contributed by atoms with van der Waals surface area (Å²) in [6.45, 7) is 10.8. The Balaban J connectivity index is 2.23. The van der Waals surface area contributed by atoms with E-state index in [-0.39, 0.29) is 12.0 Å². The zero-order valence-corrected chi connectivity index (χ0v) is 13.3. The van der Waals surface area contributed by atoms with E-state index in [2.05, 4.69) is 12.2 Å². The van der Waals surface area contributed by atoms with E-state index in [0.717, 1.165) is 18.4 Å². The van der Waals surface area contributed by atoms with Crippen molar-refractivity contribution >= 4 is 5.97 Å². The number of esters is 1. The van der Waals surface area contributed by atoms with Gasteiger partial charge in [0.1, 0.15) is 11.6 Å². The van der Waals surface area contributed by atoms with Crippen molar-refractivity contribution in [1.29, 1.82) is 0 Å². The van der Waals surface area contributed by atoms with Gasteiger partial charge in [0.2, 0.25) is 0 Å². The molecule has 0 heterocycles. The summed E-state index contributed by atoms with van der Waals surface area (Å²) < 4.78 is 5.37. The molecular formula is C16H31NO2. The lowest BCUT2D eigenvalue weighted by Gasteiger charge is -2.29. The van der Waals surface area contributed by atoms with Gasteiger partial charge in [0.15, 0.2) is 0 Å². The lowest BCUT2D eigenvalue weighted by Crippen LogP contribution is -2.41. The lowest BCUT2D eigenvalue weighted by molar-refractivity contribution is -0.157. The maximum Gasteiger partial charge on any atom is 0.323 e. The standard InChI is InChI=1S/C16H31NO2/c1-6-13-7-9-14(10-8-13)11-17-12(2)15(18)19-16(3,4)5/h12-14,17H,6-11H2,1-5H3. The molecule has 1 aliphatic rings. The van der Waals surface area contributed by atoms with Gasteiger partial charge in [-0.15, -0.1) is 0 Å². The highest BCUT2D eigenvalue weighted by molar-refractivity contribution is 5.75. The molecule has 112 valence electrons. The first kappa shape index (κ1) is 16.5. The number of nitrogens with one attached hydrogen (secondary N) is 1. The van der Waals surface area contributed by atoms with Crippen LogP contribution < -0.4 is 5.32 Å².